The van der Waals surface area contributed by atoms with E-state index in [9.17, 15) is 4.79 Å². The molecule has 1 heterocycles. The van der Waals surface area contributed by atoms with Crippen molar-refractivity contribution in [2.45, 2.75) is 51.5 Å². The van der Waals surface area contributed by atoms with E-state index in [0.29, 0.717) is 18.1 Å². The number of halogens is 1. The van der Waals surface area contributed by atoms with Gasteiger partial charge in [-0.1, -0.05) is 72.6 Å². The van der Waals surface area contributed by atoms with Crippen molar-refractivity contribution < 1.29 is 9.53 Å². The van der Waals surface area contributed by atoms with Gasteiger partial charge in [0.05, 0.1) is 22.7 Å². The molecule has 0 unspecified atom stereocenters. The summed E-state index contributed by atoms with van der Waals surface area (Å²) in [7, 11) is 0. The minimum absolute atomic E-state index is 0.125. The lowest BCUT2D eigenvalue weighted by Gasteiger charge is -2.11. The average Bonchev–Trinajstić information content (AvgIpc) is 3.26. The van der Waals surface area contributed by atoms with Crippen LogP contribution in [0.15, 0.2) is 78.9 Å². The monoisotopic (exact) mass is 503 g/mol. The van der Waals surface area contributed by atoms with Gasteiger partial charge in [0.25, 0.3) is 0 Å². The highest BCUT2D eigenvalue weighted by molar-refractivity contribution is 6.32. The summed E-state index contributed by atoms with van der Waals surface area (Å²) in [6, 6.07) is 26.0. The molecule has 1 amide bonds. The van der Waals surface area contributed by atoms with E-state index >= 15 is 0 Å². The molecular weight excluding hydrogens is 470 g/mol. The number of nitrogens with one attached hydrogen (secondary N) is 1. The summed E-state index contributed by atoms with van der Waals surface area (Å²) in [5.41, 5.74) is 3.40. The Balaban J connectivity index is 1.19. The van der Waals surface area contributed by atoms with Crippen molar-refractivity contribution in [1.29, 1.82) is 0 Å². The lowest BCUT2D eigenvalue weighted by atomic mass is 10.1. The summed E-state index contributed by atoms with van der Waals surface area (Å²) in [5, 5.41) is 3.69. The Morgan fingerprint density at radius 1 is 0.861 bits per heavy atom. The Morgan fingerprint density at radius 2 is 1.64 bits per heavy atom. The van der Waals surface area contributed by atoms with Gasteiger partial charge in [-0.3, -0.25) is 4.79 Å². The number of benzene rings is 3. The molecule has 188 valence electrons. The molecule has 1 N–H and O–H groups in total. The Kier molecular flexibility index (Phi) is 9.80. The third kappa shape index (κ3) is 7.59. The van der Waals surface area contributed by atoms with Crippen LogP contribution in [0.5, 0.6) is 5.75 Å². The number of imidazole rings is 1. The SMILES string of the molecule is O=C(CCc1ccccc1)NCCCCCc1nc2ccccc2n1CCCOc1ccccc1Cl. The number of amides is 1. The summed E-state index contributed by atoms with van der Waals surface area (Å²) in [5.74, 6) is 1.96. The number of carbonyl (C=O) groups is 1. The number of nitrogens with zero attached hydrogens (tertiary/aromatic N) is 2. The van der Waals surface area contributed by atoms with Gasteiger partial charge in [-0.2, -0.15) is 0 Å². The highest BCUT2D eigenvalue weighted by atomic mass is 35.5. The summed E-state index contributed by atoms with van der Waals surface area (Å²) in [6.45, 7) is 2.17. The number of rotatable bonds is 14. The smallest absolute Gasteiger partial charge is 0.220 e. The number of aryl methyl sites for hydroxylation is 3. The van der Waals surface area contributed by atoms with Gasteiger partial charge in [0.15, 0.2) is 0 Å². The Morgan fingerprint density at radius 3 is 2.50 bits per heavy atom. The number of fused-ring (bicyclic) bond motifs is 1. The topological polar surface area (TPSA) is 56.2 Å². The molecule has 0 aliphatic heterocycles. The van der Waals surface area contributed by atoms with Crippen LogP contribution in [0.25, 0.3) is 11.0 Å². The van der Waals surface area contributed by atoms with Gasteiger partial charge >= 0.3 is 0 Å². The average molecular weight is 504 g/mol. The van der Waals surface area contributed by atoms with E-state index in [1.807, 2.05) is 48.5 Å². The second kappa shape index (κ2) is 13.7. The highest BCUT2D eigenvalue weighted by Gasteiger charge is 2.10. The van der Waals surface area contributed by atoms with E-state index in [2.05, 4.69) is 40.2 Å². The van der Waals surface area contributed by atoms with Gasteiger partial charge in [-0.05, 0) is 55.5 Å². The van der Waals surface area contributed by atoms with Crippen molar-refractivity contribution in [3.05, 3.63) is 95.3 Å². The molecule has 4 rings (SSSR count). The van der Waals surface area contributed by atoms with Gasteiger partial charge in [0.1, 0.15) is 11.6 Å². The van der Waals surface area contributed by atoms with Crippen LogP contribution in [0.3, 0.4) is 0 Å². The lowest BCUT2D eigenvalue weighted by molar-refractivity contribution is -0.121. The molecule has 3 aromatic carbocycles. The summed E-state index contributed by atoms with van der Waals surface area (Å²) < 4.78 is 8.19. The highest BCUT2D eigenvalue weighted by Crippen LogP contribution is 2.23. The van der Waals surface area contributed by atoms with Crippen LogP contribution in [0, 0.1) is 0 Å². The zero-order chi connectivity index (χ0) is 25.0. The van der Waals surface area contributed by atoms with Crippen LogP contribution in [0.4, 0.5) is 0 Å². The second-order valence-electron chi connectivity index (χ2n) is 8.95. The third-order valence-electron chi connectivity index (χ3n) is 6.24. The van der Waals surface area contributed by atoms with Gasteiger partial charge in [0.2, 0.25) is 5.91 Å². The molecule has 0 fully saturated rings. The first-order chi connectivity index (χ1) is 17.7. The largest absolute Gasteiger partial charge is 0.492 e. The normalized spacial score (nSPS) is 11.0. The number of ether oxygens (including phenoxy) is 1. The van der Waals surface area contributed by atoms with Crippen LogP contribution < -0.4 is 10.1 Å². The van der Waals surface area contributed by atoms with Crippen LogP contribution >= 0.6 is 11.6 Å². The van der Waals surface area contributed by atoms with E-state index < -0.39 is 0 Å². The molecule has 0 radical (unpaired) electrons. The molecule has 1 aromatic heterocycles. The molecule has 4 aromatic rings. The molecule has 0 spiro atoms. The molecule has 0 atom stereocenters. The first kappa shape index (κ1) is 25.8. The quantitative estimate of drug-likeness (QED) is 0.197. The second-order valence-corrected chi connectivity index (χ2v) is 9.35. The zero-order valence-electron chi connectivity index (χ0n) is 20.7. The van der Waals surface area contributed by atoms with Gasteiger partial charge < -0.3 is 14.6 Å². The molecule has 5 nitrogen and oxygen atoms in total. The van der Waals surface area contributed by atoms with Crippen LogP contribution in [0.1, 0.15) is 43.5 Å². The molecule has 0 aliphatic rings. The van der Waals surface area contributed by atoms with Crippen LogP contribution in [-0.4, -0.2) is 28.6 Å². The van der Waals surface area contributed by atoms with Crippen molar-refractivity contribution in [2.24, 2.45) is 0 Å². The molecule has 0 bridgehead atoms. The Labute approximate surface area is 218 Å². The predicted octanol–water partition coefficient (Wildman–Crippen LogP) is 6.62. The van der Waals surface area contributed by atoms with Gasteiger partial charge in [-0.25, -0.2) is 4.98 Å². The molecule has 0 aliphatic carbocycles. The molecule has 0 saturated carbocycles. The summed E-state index contributed by atoms with van der Waals surface area (Å²) in [4.78, 5) is 17.0. The number of hydrogen-bond acceptors (Lipinski definition) is 3. The minimum Gasteiger partial charge on any atom is -0.492 e. The fraction of sp³-hybridized carbons (Fsp3) is 0.333. The maximum Gasteiger partial charge on any atom is 0.220 e. The first-order valence-corrected chi connectivity index (χ1v) is 13.2. The van der Waals surface area contributed by atoms with Crippen molar-refractivity contribution >= 4 is 28.5 Å². The Hall–Kier alpha value is -3.31. The lowest BCUT2D eigenvalue weighted by Crippen LogP contribution is -2.24. The van der Waals surface area contributed by atoms with Gasteiger partial charge in [0, 0.05) is 25.9 Å². The van der Waals surface area contributed by atoms with Crippen LogP contribution in [-0.2, 0) is 24.2 Å². The number of unbranched alkanes of at least 4 members (excludes halogenated alkanes) is 2. The first-order valence-electron chi connectivity index (χ1n) is 12.8. The summed E-state index contributed by atoms with van der Waals surface area (Å²) >= 11 is 6.19. The van der Waals surface area contributed by atoms with Crippen molar-refractivity contribution in [3.8, 4) is 5.75 Å². The maximum absolute atomic E-state index is 12.1. The standard InChI is InChI=1S/C30H34ClN3O2/c31-25-14-6-9-17-28(25)36-23-11-22-34-27-16-8-7-15-26(27)33-29(34)18-5-2-10-21-32-30(35)20-19-24-12-3-1-4-13-24/h1,3-4,6-9,12-17H,2,5,10-11,18-23H2,(H,32,35). The summed E-state index contributed by atoms with van der Waals surface area (Å²) in [6.07, 6.45) is 6.18. The van der Waals surface area contributed by atoms with Crippen LogP contribution in [0.2, 0.25) is 5.02 Å². The maximum atomic E-state index is 12.1. The third-order valence-corrected chi connectivity index (χ3v) is 6.55. The van der Waals surface area contributed by atoms with Crippen molar-refractivity contribution in [3.63, 3.8) is 0 Å². The van der Waals surface area contributed by atoms with Gasteiger partial charge in [-0.15, -0.1) is 0 Å². The minimum atomic E-state index is 0.125. The van der Waals surface area contributed by atoms with Crippen molar-refractivity contribution in [2.75, 3.05) is 13.2 Å². The number of aromatic nitrogens is 2. The van der Waals surface area contributed by atoms with E-state index in [1.165, 1.54) is 5.56 Å². The van der Waals surface area contributed by atoms with Crippen molar-refractivity contribution in [1.82, 2.24) is 14.9 Å². The van der Waals surface area contributed by atoms with E-state index in [4.69, 9.17) is 21.3 Å². The van der Waals surface area contributed by atoms with E-state index in [0.717, 1.165) is 74.2 Å². The number of para-hydroxylation sites is 3. The number of hydrogen-bond donors (Lipinski definition) is 1. The molecule has 6 heteroatoms. The van der Waals surface area contributed by atoms with E-state index in [-0.39, 0.29) is 5.91 Å². The van der Waals surface area contributed by atoms with E-state index in [1.54, 1.807) is 0 Å². The number of carbonyl (C=O) groups excluding carboxylic acids is 1. The zero-order valence-corrected chi connectivity index (χ0v) is 21.4. The molecule has 36 heavy (non-hydrogen) atoms. The Bertz CT molecular complexity index is 1240. The predicted molar refractivity (Wildman–Crippen MR) is 147 cm³/mol. The molecule has 0 saturated heterocycles. The fourth-order valence-corrected chi connectivity index (χ4v) is 4.53. The fourth-order valence-electron chi connectivity index (χ4n) is 4.34. The molecular formula is C30H34ClN3O2.